The summed E-state index contributed by atoms with van der Waals surface area (Å²) >= 11 is 3.56. The first-order chi connectivity index (χ1) is 9.40. The van der Waals surface area contributed by atoms with E-state index in [0.29, 0.717) is 5.92 Å². The fourth-order valence-corrected chi connectivity index (χ4v) is 4.86. The van der Waals surface area contributed by atoms with Gasteiger partial charge in [-0.2, -0.15) is 5.10 Å². The van der Waals surface area contributed by atoms with Gasteiger partial charge < -0.3 is 0 Å². The van der Waals surface area contributed by atoms with Crippen LogP contribution in [0.5, 0.6) is 0 Å². The summed E-state index contributed by atoms with van der Waals surface area (Å²) < 4.78 is 2.67. The Labute approximate surface area is 119 Å². The summed E-state index contributed by atoms with van der Waals surface area (Å²) in [4.78, 5) is 5.91. The smallest absolute Gasteiger partial charge is 0.191 e. The minimum absolute atomic E-state index is 0.594. The van der Waals surface area contributed by atoms with Crippen LogP contribution in [0, 0.1) is 0 Å². The molecule has 5 heteroatoms. The average molecular weight is 289 g/mol. The maximum absolute atomic E-state index is 4.73. The third kappa shape index (κ3) is 2.11. The molecule has 1 N–H and O–H groups in total. The lowest BCUT2D eigenvalue weighted by Gasteiger charge is -2.18. The summed E-state index contributed by atoms with van der Waals surface area (Å²) in [5.74, 6) is 2.55. The second-order valence-corrected chi connectivity index (χ2v) is 7.17. The van der Waals surface area contributed by atoms with E-state index >= 15 is 0 Å². The molecule has 3 nitrogen and oxygen atoms in total. The normalized spacial score (nSPS) is 17.3. The summed E-state index contributed by atoms with van der Waals surface area (Å²) in [6.45, 7) is 0. The molecular weight excluding hydrogens is 274 g/mol. The van der Waals surface area contributed by atoms with Gasteiger partial charge in [0.15, 0.2) is 5.82 Å². The van der Waals surface area contributed by atoms with Gasteiger partial charge in [0.25, 0.3) is 0 Å². The largest absolute Gasteiger partial charge is 0.262 e. The molecule has 3 aromatic heterocycles. The zero-order valence-electron chi connectivity index (χ0n) is 10.6. The van der Waals surface area contributed by atoms with E-state index in [1.165, 1.54) is 46.4 Å². The van der Waals surface area contributed by atoms with E-state index < -0.39 is 0 Å². The first-order valence-corrected chi connectivity index (χ1v) is 8.49. The molecule has 1 fully saturated rings. The van der Waals surface area contributed by atoms with Crippen molar-refractivity contribution in [1.29, 1.82) is 0 Å². The molecule has 3 heterocycles. The third-order valence-corrected chi connectivity index (χ3v) is 5.94. The van der Waals surface area contributed by atoms with Crippen LogP contribution in [0.4, 0.5) is 0 Å². The van der Waals surface area contributed by atoms with Crippen LogP contribution in [0.3, 0.4) is 0 Å². The number of hydrogen-bond donors (Lipinski definition) is 1. The predicted octanol–water partition coefficient (Wildman–Crippen LogP) is 4.80. The Balaban J connectivity index is 1.64. The van der Waals surface area contributed by atoms with Crippen LogP contribution in [0.25, 0.3) is 20.1 Å². The van der Waals surface area contributed by atoms with E-state index in [9.17, 15) is 0 Å². The molecule has 1 saturated carbocycles. The summed E-state index contributed by atoms with van der Waals surface area (Å²) in [5, 5.41) is 9.71. The molecule has 4 rings (SSSR count). The van der Waals surface area contributed by atoms with Crippen LogP contribution in [0.1, 0.15) is 43.8 Å². The molecule has 0 amide bonds. The summed E-state index contributed by atoms with van der Waals surface area (Å²) in [5.41, 5.74) is 0. The molecule has 0 aliphatic heterocycles. The van der Waals surface area contributed by atoms with Crippen molar-refractivity contribution in [2.75, 3.05) is 0 Å². The van der Waals surface area contributed by atoms with Gasteiger partial charge in [0, 0.05) is 15.3 Å². The molecule has 0 aromatic carbocycles. The molecular formula is C14H15N3S2. The zero-order chi connectivity index (χ0) is 12.7. The minimum atomic E-state index is 0.594. The van der Waals surface area contributed by atoms with E-state index in [1.54, 1.807) is 22.7 Å². The molecule has 0 bridgehead atoms. The van der Waals surface area contributed by atoms with Crippen molar-refractivity contribution < 1.29 is 0 Å². The monoisotopic (exact) mass is 289 g/mol. The molecule has 19 heavy (non-hydrogen) atoms. The van der Waals surface area contributed by atoms with Gasteiger partial charge in [-0.1, -0.05) is 19.3 Å². The second-order valence-electron chi connectivity index (χ2n) is 5.14. The molecule has 1 aliphatic rings. The van der Waals surface area contributed by atoms with Gasteiger partial charge in [0.1, 0.15) is 5.82 Å². The fraction of sp³-hybridized carbons (Fsp3) is 0.429. The van der Waals surface area contributed by atoms with Gasteiger partial charge in [-0.05, 0) is 30.4 Å². The fourth-order valence-electron chi connectivity index (χ4n) is 2.82. The van der Waals surface area contributed by atoms with E-state index in [4.69, 9.17) is 4.98 Å². The third-order valence-electron chi connectivity index (χ3n) is 3.85. The number of aromatic nitrogens is 3. The Morgan fingerprint density at radius 3 is 2.89 bits per heavy atom. The first kappa shape index (κ1) is 11.6. The van der Waals surface area contributed by atoms with Gasteiger partial charge in [-0.25, -0.2) is 4.98 Å². The SMILES string of the molecule is c1cc2sc(-c3n[nH]c(C4CCCCC4)n3)cc2s1. The van der Waals surface area contributed by atoms with Crippen LogP contribution in [-0.2, 0) is 0 Å². The molecule has 0 spiro atoms. The number of aromatic amines is 1. The van der Waals surface area contributed by atoms with Crippen LogP contribution < -0.4 is 0 Å². The highest BCUT2D eigenvalue weighted by Gasteiger charge is 2.20. The average Bonchev–Trinajstić information content (AvgIpc) is 3.14. The topological polar surface area (TPSA) is 41.6 Å². The lowest BCUT2D eigenvalue weighted by molar-refractivity contribution is 0.429. The van der Waals surface area contributed by atoms with Crippen molar-refractivity contribution in [3.8, 4) is 10.7 Å². The number of fused-ring (bicyclic) bond motifs is 1. The summed E-state index contributed by atoms with van der Waals surface area (Å²) in [6, 6.07) is 4.38. The molecule has 0 radical (unpaired) electrons. The van der Waals surface area contributed by atoms with Crippen LogP contribution in [-0.4, -0.2) is 15.2 Å². The van der Waals surface area contributed by atoms with E-state index in [2.05, 4.69) is 27.7 Å². The lowest BCUT2D eigenvalue weighted by Crippen LogP contribution is -2.06. The van der Waals surface area contributed by atoms with Crippen molar-refractivity contribution in [2.24, 2.45) is 0 Å². The predicted molar refractivity (Wildman–Crippen MR) is 80.9 cm³/mol. The Bertz CT molecular complexity index is 660. The molecule has 98 valence electrons. The number of H-pyrrole nitrogens is 1. The highest BCUT2D eigenvalue weighted by molar-refractivity contribution is 7.28. The summed E-state index contributed by atoms with van der Waals surface area (Å²) in [6.07, 6.45) is 6.55. The number of nitrogens with zero attached hydrogens (tertiary/aromatic N) is 2. The van der Waals surface area contributed by atoms with Crippen molar-refractivity contribution in [2.45, 2.75) is 38.0 Å². The van der Waals surface area contributed by atoms with Gasteiger partial charge in [-0.15, -0.1) is 22.7 Å². The Morgan fingerprint density at radius 2 is 2.05 bits per heavy atom. The first-order valence-electron chi connectivity index (χ1n) is 6.80. The highest BCUT2D eigenvalue weighted by Crippen LogP contribution is 2.36. The van der Waals surface area contributed by atoms with Crippen molar-refractivity contribution in [3.63, 3.8) is 0 Å². The van der Waals surface area contributed by atoms with Gasteiger partial charge in [0.2, 0.25) is 0 Å². The van der Waals surface area contributed by atoms with Crippen LogP contribution in [0.2, 0.25) is 0 Å². The van der Waals surface area contributed by atoms with E-state index in [1.807, 2.05) is 0 Å². The zero-order valence-corrected chi connectivity index (χ0v) is 12.2. The second kappa shape index (κ2) is 4.72. The minimum Gasteiger partial charge on any atom is -0.262 e. The molecule has 0 unspecified atom stereocenters. The number of thiophene rings is 2. The Hall–Kier alpha value is -1.20. The number of nitrogens with one attached hydrogen (secondary N) is 1. The van der Waals surface area contributed by atoms with Crippen molar-refractivity contribution in [3.05, 3.63) is 23.3 Å². The van der Waals surface area contributed by atoms with Crippen LogP contribution in [0.15, 0.2) is 17.5 Å². The summed E-state index contributed by atoms with van der Waals surface area (Å²) in [7, 11) is 0. The van der Waals surface area contributed by atoms with Gasteiger partial charge >= 0.3 is 0 Å². The molecule has 0 atom stereocenters. The van der Waals surface area contributed by atoms with E-state index in [-0.39, 0.29) is 0 Å². The number of rotatable bonds is 2. The van der Waals surface area contributed by atoms with Gasteiger partial charge in [-0.3, -0.25) is 5.10 Å². The van der Waals surface area contributed by atoms with Crippen molar-refractivity contribution >= 4 is 32.1 Å². The number of hydrogen-bond acceptors (Lipinski definition) is 4. The maximum atomic E-state index is 4.73. The maximum Gasteiger partial charge on any atom is 0.191 e. The lowest BCUT2D eigenvalue weighted by atomic mass is 9.89. The Morgan fingerprint density at radius 1 is 1.16 bits per heavy atom. The van der Waals surface area contributed by atoms with Crippen molar-refractivity contribution in [1.82, 2.24) is 15.2 Å². The highest BCUT2D eigenvalue weighted by atomic mass is 32.1. The quantitative estimate of drug-likeness (QED) is 0.736. The van der Waals surface area contributed by atoms with Crippen LogP contribution >= 0.6 is 22.7 Å². The van der Waals surface area contributed by atoms with E-state index in [0.717, 1.165) is 11.6 Å². The molecule has 3 aromatic rings. The standard InChI is InChI=1S/C14H15N3S2/c1-2-4-9(5-3-1)13-15-14(17-16-13)12-8-11-10(19-12)6-7-18-11/h6-9H,1-5H2,(H,15,16,17). The molecule has 1 aliphatic carbocycles. The molecule has 0 saturated heterocycles. The Kier molecular flexibility index (Phi) is 2.89. The van der Waals surface area contributed by atoms with Gasteiger partial charge in [0.05, 0.1) is 4.88 Å².